The lowest BCUT2D eigenvalue weighted by Gasteiger charge is -2.14. The first-order chi connectivity index (χ1) is 11.6. The number of rotatable bonds is 7. The first-order valence-corrected chi connectivity index (χ1v) is 7.87. The normalized spacial score (nSPS) is 10.4. The highest BCUT2D eigenvalue weighted by Crippen LogP contribution is 2.21. The fourth-order valence-corrected chi connectivity index (χ4v) is 2.75. The Balaban J connectivity index is 2.38. The van der Waals surface area contributed by atoms with Crippen molar-refractivity contribution in [3.63, 3.8) is 0 Å². The molecule has 24 heavy (non-hydrogen) atoms. The van der Waals surface area contributed by atoms with Crippen molar-refractivity contribution in [2.45, 2.75) is 32.9 Å². The molecule has 0 N–H and O–H groups in total. The summed E-state index contributed by atoms with van der Waals surface area (Å²) in [6.07, 6.45) is 1.21. The van der Waals surface area contributed by atoms with E-state index in [9.17, 15) is 4.79 Å². The zero-order valence-corrected chi connectivity index (χ0v) is 14.3. The maximum absolute atomic E-state index is 12.0. The standard InChI is InChI=1S/C19H22N2O3/c1-4-16-11-17(19(22)24-3)18(13-23-2)21(16)12-15-7-5-14(6-8-15)9-10-20/h5-8,11H,4,9,12-13H2,1-3H3. The minimum Gasteiger partial charge on any atom is -0.465 e. The lowest BCUT2D eigenvalue weighted by Crippen LogP contribution is -2.12. The van der Waals surface area contributed by atoms with Gasteiger partial charge >= 0.3 is 5.97 Å². The van der Waals surface area contributed by atoms with Gasteiger partial charge in [-0.15, -0.1) is 0 Å². The van der Waals surface area contributed by atoms with E-state index in [1.807, 2.05) is 30.3 Å². The molecule has 5 heteroatoms. The molecule has 2 aromatic rings. The van der Waals surface area contributed by atoms with Gasteiger partial charge in [0.1, 0.15) is 0 Å². The van der Waals surface area contributed by atoms with Crippen LogP contribution in [0.5, 0.6) is 0 Å². The Hall–Kier alpha value is -2.58. The molecule has 5 nitrogen and oxygen atoms in total. The number of methoxy groups -OCH3 is 2. The molecule has 1 aromatic heterocycles. The van der Waals surface area contributed by atoms with Gasteiger partial charge < -0.3 is 14.0 Å². The van der Waals surface area contributed by atoms with E-state index < -0.39 is 0 Å². The van der Waals surface area contributed by atoms with Gasteiger partial charge in [-0.1, -0.05) is 31.2 Å². The zero-order valence-electron chi connectivity index (χ0n) is 14.3. The molecule has 126 valence electrons. The predicted octanol–water partition coefficient (Wildman–Crippen LogP) is 3.10. The first-order valence-electron chi connectivity index (χ1n) is 7.87. The van der Waals surface area contributed by atoms with Crippen LogP contribution in [0, 0.1) is 11.3 Å². The smallest absolute Gasteiger partial charge is 0.339 e. The molecule has 0 aliphatic carbocycles. The van der Waals surface area contributed by atoms with Crippen molar-refractivity contribution in [2.75, 3.05) is 14.2 Å². The average molecular weight is 326 g/mol. The number of aryl methyl sites for hydroxylation is 1. The Labute approximate surface area is 142 Å². The Kier molecular flexibility index (Phi) is 6.16. The van der Waals surface area contributed by atoms with Crippen LogP contribution in [0.1, 0.15) is 39.8 Å². The SMILES string of the molecule is CCc1cc(C(=O)OC)c(COC)n1Cc1ccc(CC#N)cc1. The van der Waals surface area contributed by atoms with Crippen molar-refractivity contribution < 1.29 is 14.3 Å². The molecule has 1 aromatic carbocycles. The second-order valence-electron chi connectivity index (χ2n) is 5.51. The summed E-state index contributed by atoms with van der Waals surface area (Å²) in [5.41, 5.74) is 4.54. The fourth-order valence-electron chi connectivity index (χ4n) is 2.75. The van der Waals surface area contributed by atoms with E-state index >= 15 is 0 Å². The van der Waals surface area contributed by atoms with Crippen LogP contribution in [0.2, 0.25) is 0 Å². The van der Waals surface area contributed by atoms with Crippen LogP contribution in [0.3, 0.4) is 0 Å². The number of nitrogens with zero attached hydrogens (tertiary/aromatic N) is 2. The Bertz CT molecular complexity index is 739. The van der Waals surface area contributed by atoms with E-state index in [2.05, 4.69) is 17.6 Å². The van der Waals surface area contributed by atoms with Gasteiger partial charge in [-0.2, -0.15) is 5.26 Å². The zero-order chi connectivity index (χ0) is 17.5. The van der Waals surface area contributed by atoms with Crippen LogP contribution in [-0.4, -0.2) is 24.8 Å². The summed E-state index contributed by atoms with van der Waals surface area (Å²) in [5, 5.41) is 8.75. The first kappa shape index (κ1) is 17.8. The molecule has 0 atom stereocenters. The van der Waals surface area contributed by atoms with Crippen LogP contribution < -0.4 is 0 Å². The van der Waals surface area contributed by atoms with E-state index in [0.29, 0.717) is 25.1 Å². The highest BCUT2D eigenvalue weighted by atomic mass is 16.5. The van der Waals surface area contributed by atoms with E-state index in [1.165, 1.54) is 7.11 Å². The van der Waals surface area contributed by atoms with Gasteiger partial charge in [-0.3, -0.25) is 0 Å². The molecule has 0 spiro atoms. The van der Waals surface area contributed by atoms with Crippen LogP contribution >= 0.6 is 0 Å². The van der Waals surface area contributed by atoms with Gasteiger partial charge in [0.25, 0.3) is 0 Å². The predicted molar refractivity (Wildman–Crippen MR) is 90.7 cm³/mol. The summed E-state index contributed by atoms with van der Waals surface area (Å²) < 4.78 is 12.3. The molecule has 0 radical (unpaired) electrons. The second kappa shape index (κ2) is 8.32. The van der Waals surface area contributed by atoms with Crippen molar-refractivity contribution in [1.82, 2.24) is 4.57 Å². The van der Waals surface area contributed by atoms with Crippen molar-refractivity contribution in [3.8, 4) is 6.07 Å². The number of carbonyl (C=O) groups is 1. The summed E-state index contributed by atoms with van der Waals surface area (Å²) in [6.45, 7) is 3.04. The monoisotopic (exact) mass is 326 g/mol. The Morgan fingerprint density at radius 2 is 1.88 bits per heavy atom. The van der Waals surface area contributed by atoms with Gasteiger partial charge in [0.05, 0.1) is 37.5 Å². The average Bonchev–Trinajstić information content (AvgIpc) is 2.94. The third-order valence-corrected chi connectivity index (χ3v) is 3.99. The summed E-state index contributed by atoms with van der Waals surface area (Å²) in [4.78, 5) is 12.0. The molecular formula is C19H22N2O3. The summed E-state index contributed by atoms with van der Waals surface area (Å²) >= 11 is 0. The molecule has 0 saturated carbocycles. The van der Waals surface area contributed by atoms with E-state index in [0.717, 1.165) is 28.9 Å². The van der Waals surface area contributed by atoms with E-state index in [1.54, 1.807) is 7.11 Å². The number of esters is 1. The van der Waals surface area contributed by atoms with Crippen molar-refractivity contribution in [1.29, 1.82) is 5.26 Å². The maximum Gasteiger partial charge on any atom is 0.339 e. The minimum absolute atomic E-state index is 0.344. The summed E-state index contributed by atoms with van der Waals surface area (Å²) in [6, 6.07) is 12.0. The number of benzene rings is 1. The third kappa shape index (κ3) is 3.84. The molecule has 2 rings (SSSR count). The van der Waals surface area contributed by atoms with Gasteiger partial charge in [0, 0.05) is 19.3 Å². The van der Waals surface area contributed by atoms with Crippen LogP contribution in [0.15, 0.2) is 30.3 Å². The Morgan fingerprint density at radius 3 is 2.42 bits per heavy atom. The topological polar surface area (TPSA) is 64.2 Å². The molecule has 0 bridgehead atoms. The molecule has 0 saturated heterocycles. The largest absolute Gasteiger partial charge is 0.465 e. The molecular weight excluding hydrogens is 304 g/mol. The molecule has 1 heterocycles. The molecule has 0 fully saturated rings. The maximum atomic E-state index is 12.0. The van der Waals surface area contributed by atoms with Crippen LogP contribution in [0.4, 0.5) is 0 Å². The highest BCUT2D eigenvalue weighted by molar-refractivity contribution is 5.91. The number of hydrogen-bond donors (Lipinski definition) is 0. The van der Waals surface area contributed by atoms with E-state index in [4.69, 9.17) is 14.7 Å². The Morgan fingerprint density at radius 1 is 1.21 bits per heavy atom. The van der Waals surface area contributed by atoms with Crippen molar-refractivity contribution >= 4 is 5.97 Å². The fraction of sp³-hybridized carbons (Fsp3) is 0.368. The number of carbonyl (C=O) groups excluding carboxylic acids is 1. The highest BCUT2D eigenvalue weighted by Gasteiger charge is 2.20. The lowest BCUT2D eigenvalue weighted by atomic mass is 10.1. The van der Waals surface area contributed by atoms with Gasteiger partial charge in [0.15, 0.2) is 0 Å². The van der Waals surface area contributed by atoms with Gasteiger partial charge in [-0.25, -0.2) is 4.79 Å². The van der Waals surface area contributed by atoms with Crippen LogP contribution in [0.25, 0.3) is 0 Å². The minimum atomic E-state index is -0.347. The number of nitriles is 1. The molecule has 0 aliphatic rings. The molecule has 0 unspecified atom stereocenters. The van der Waals surface area contributed by atoms with Gasteiger partial charge in [0.2, 0.25) is 0 Å². The van der Waals surface area contributed by atoms with Crippen molar-refractivity contribution in [3.05, 3.63) is 58.4 Å². The van der Waals surface area contributed by atoms with Gasteiger partial charge in [-0.05, 0) is 23.6 Å². The number of aromatic nitrogens is 1. The lowest BCUT2D eigenvalue weighted by molar-refractivity contribution is 0.0595. The molecule has 0 amide bonds. The number of ether oxygens (including phenoxy) is 2. The summed E-state index contributed by atoms with van der Waals surface area (Å²) in [7, 11) is 3.00. The van der Waals surface area contributed by atoms with E-state index in [-0.39, 0.29) is 5.97 Å². The second-order valence-corrected chi connectivity index (χ2v) is 5.51. The quantitative estimate of drug-likeness (QED) is 0.733. The van der Waals surface area contributed by atoms with Crippen molar-refractivity contribution in [2.24, 2.45) is 0 Å². The summed E-state index contributed by atoms with van der Waals surface area (Å²) in [5.74, 6) is -0.347. The third-order valence-electron chi connectivity index (χ3n) is 3.99. The molecule has 0 aliphatic heterocycles. The number of hydrogen-bond acceptors (Lipinski definition) is 4. The van der Waals surface area contributed by atoms with Crippen LogP contribution in [-0.2, 0) is 35.5 Å².